The van der Waals surface area contributed by atoms with Crippen LogP contribution in [-0.4, -0.2) is 32.4 Å². The number of halogens is 3. The summed E-state index contributed by atoms with van der Waals surface area (Å²) >= 11 is 11.6. The van der Waals surface area contributed by atoms with Crippen molar-refractivity contribution in [2.45, 2.75) is 30.3 Å². The molecule has 0 atom stereocenters. The highest BCUT2D eigenvalue weighted by atomic mass is 35.5. The van der Waals surface area contributed by atoms with E-state index in [1.54, 1.807) is 0 Å². The fourth-order valence-electron chi connectivity index (χ4n) is 2.99. The molecule has 0 bridgehead atoms. The van der Waals surface area contributed by atoms with Crippen LogP contribution < -0.4 is 4.72 Å². The topological polar surface area (TPSA) is 49.4 Å². The van der Waals surface area contributed by atoms with Crippen LogP contribution in [0.1, 0.15) is 18.4 Å². The molecule has 3 rings (SSSR count). The molecule has 8 heteroatoms. The van der Waals surface area contributed by atoms with E-state index in [4.69, 9.17) is 23.2 Å². The second kappa shape index (κ2) is 8.23. The third-order valence-corrected chi connectivity index (χ3v) is 6.49. The summed E-state index contributed by atoms with van der Waals surface area (Å²) < 4.78 is 40.8. The maximum Gasteiger partial charge on any atom is 0.240 e. The number of hydrogen-bond acceptors (Lipinski definition) is 3. The maximum atomic E-state index is 13.2. The third-order valence-electron chi connectivity index (χ3n) is 4.43. The summed E-state index contributed by atoms with van der Waals surface area (Å²) in [4.78, 5) is 2.26. The van der Waals surface area contributed by atoms with Crippen molar-refractivity contribution in [3.63, 3.8) is 0 Å². The molecule has 26 heavy (non-hydrogen) atoms. The first-order valence-electron chi connectivity index (χ1n) is 8.28. The van der Waals surface area contributed by atoms with E-state index in [1.165, 1.54) is 11.6 Å². The van der Waals surface area contributed by atoms with E-state index in [2.05, 4.69) is 9.62 Å². The Labute approximate surface area is 163 Å². The van der Waals surface area contributed by atoms with Gasteiger partial charge in [-0.25, -0.2) is 17.5 Å². The SMILES string of the molecule is O=S(=O)(NC1CCN(Cc2ccc(Cl)cc2)CC1)c1ccc(F)c(Cl)c1. The van der Waals surface area contributed by atoms with Crippen LogP contribution >= 0.6 is 23.2 Å². The Hall–Kier alpha value is -1.18. The van der Waals surface area contributed by atoms with Crippen LogP contribution in [0.3, 0.4) is 0 Å². The second-order valence-electron chi connectivity index (χ2n) is 6.37. The van der Waals surface area contributed by atoms with Crippen LogP contribution in [0.4, 0.5) is 4.39 Å². The molecule has 0 amide bonds. The van der Waals surface area contributed by atoms with Crippen LogP contribution in [0.25, 0.3) is 0 Å². The first-order chi connectivity index (χ1) is 12.3. The van der Waals surface area contributed by atoms with Crippen LogP contribution in [0.15, 0.2) is 47.4 Å². The molecule has 0 saturated carbocycles. The molecule has 0 aliphatic carbocycles. The van der Waals surface area contributed by atoms with E-state index < -0.39 is 15.8 Å². The largest absolute Gasteiger partial charge is 0.299 e. The van der Waals surface area contributed by atoms with Crippen molar-refractivity contribution in [3.8, 4) is 0 Å². The molecule has 140 valence electrons. The first-order valence-corrected chi connectivity index (χ1v) is 10.5. The summed E-state index contributed by atoms with van der Waals surface area (Å²) in [7, 11) is -3.71. The van der Waals surface area contributed by atoms with E-state index in [0.717, 1.165) is 31.8 Å². The maximum absolute atomic E-state index is 13.2. The molecule has 1 fully saturated rings. The molecule has 4 nitrogen and oxygen atoms in total. The predicted octanol–water partition coefficient (Wildman–Crippen LogP) is 4.08. The van der Waals surface area contributed by atoms with E-state index in [0.29, 0.717) is 17.9 Å². The number of piperidine rings is 1. The summed E-state index contributed by atoms with van der Waals surface area (Å²) in [6.45, 7) is 2.39. The lowest BCUT2D eigenvalue weighted by molar-refractivity contribution is 0.200. The van der Waals surface area contributed by atoms with Gasteiger partial charge in [0.2, 0.25) is 10.0 Å². The Bertz CT molecular complexity index is 867. The summed E-state index contributed by atoms with van der Waals surface area (Å²) in [5.74, 6) is -0.638. The van der Waals surface area contributed by atoms with Gasteiger partial charge in [-0.05, 0) is 48.7 Å². The molecule has 0 unspecified atom stereocenters. The lowest BCUT2D eigenvalue weighted by Crippen LogP contribution is -2.44. The second-order valence-corrected chi connectivity index (χ2v) is 8.93. The van der Waals surface area contributed by atoms with Crippen molar-refractivity contribution in [3.05, 3.63) is 63.9 Å². The van der Waals surface area contributed by atoms with Gasteiger partial charge in [-0.1, -0.05) is 35.3 Å². The molecule has 0 radical (unpaired) electrons. The van der Waals surface area contributed by atoms with Crippen molar-refractivity contribution in [2.24, 2.45) is 0 Å². The molecule has 1 saturated heterocycles. The molecular formula is C18H19Cl2FN2O2S. The van der Waals surface area contributed by atoms with Crippen LogP contribution in [0, 0.1) is 5.82 Å². The monoisotopic (exact) mass is 416 g/mol. The number of hydrogen-bond donors (Lipinski definition) is 1. The number of nitrogens with zero attached hydrogens (tertiary/aromatic N) is 1. The minimum absolute atomic E-state index is 0.0208. The van der Waals surface area contributed by atoms with E-state index >= 15 is 0 Å². The zero-order valence-corrected chi connectivity index (χ0v) is 16.3. The Kier molecular flexibility index (Phi) is 6.20. The first kappa shape index (κ1) is 19.6. The van der Waals surface area contributed by atoms with Crippen LogP contribution in [0.2, 0.25) is 10.0 Å². The fraction of sp³-hybridized carbons (Fsp3) is 0.333. The Balaban J connectivity index is 1.56. The van der Waals surface area contributed by atoms with Gasteiger partial charge < -0.3 is 0 Å². The molecule has 1 heterocycles. The number of likely N-dealkylation sites (tertiary alicyclic amines) is 1. The average molecular weight is 417 g/mol. The van der Waals surface area contributed by atoms with Gasteiger partial charge in [0, 0.05) is 30.7 Å². The van der Waals surface area contributed by atoms with Crippen molar-refractivity contribution >= 4 is 33.2 Å². The van der Waals surface area contributed by atoms with Crippen molar-refractivity contribution in [2.75, 3.05) is 13.1 Å². The summed E-state index contributed by atoms with van der Waals surface area (Å²) in [5.41, 5.74) is 1.18. The molecule has 2 aromatic carbocycles. The standard InChI is InChI=1S/C18H19Cl2FN2O2S/c19-14-3-1-13(2-4-14)12-23-9-7-15(8-10-23)22-26(24,25)16-5-6-18(21)17(20)11-16/h1-6,11,15,22H,7-10,12H2. The normalized spacial score (nSPS) is 16.7. The zero-order valence-electron chi connectivity index (χ0n) is 14.0. The minimum atomic E-state index is -3.71. The van der Waals surface area contributed by atoms with Crippen molar-refractivity contribution < 1.29 is 12.8 Å². The number of rotatable bonds is 5. The van der Waals surface area contributed by atoms with Gasteiger partial charge >= 0.3 is 0 Å². The summed E-state index contributed by atoms with van der Waals surface area (Å²) in [5, 5.41) is 0.508. The Morgan fingerprint density at radius 2 is 1.73 bits per heavy atom. The van der Waals surface area contributed by atoms with Gasteiger partial charge in [-0.2, -0.15) is 0 Å². The zero-order chi connectivity index (χ0) is 18.7. The molecule has 1 N–H and O–H groups in total. The lowest BCUT2D eigenvalue weighted by atomic mass is 10.1. The summed E-state index contributed by atoms with van der Waals surface area (Å²) in [6, 6.07) is 11.0. The van der Waals surface area contributed by atoms with Crippen LogP contribution in [0.5, 0.6) is 0 Å². The highest BCUT2D eigenvalue weighted by Gasteiger charge is 2.25. The van der Waals surface area contributed by atoms with Gasteiger partial charge in [0.05, 0.1) is 9.92 Å². The predicted molar refractivity (Wildman–Crippen MR) is 101 cm³/mol. The number of benzene rings is 2. The van der Waals surface area contributed by atoms with E-state index in [1.807, 2.05) is 24.3 Å². The molecule has 1 aliphatic rings. The van der Waals surface area contributed by atoms with Crippen LogP contribution in [-0.2, 0) is 16.6 Å². The number of sulfonamides is 1. The molecular weight excluding hydrogens is 398 g/mol. The van der Waals surface area contributed by atoms with Gasteiger partial charge in [0.25, 0.3) is 0 Å². The van der Waals surface area contributed by atoms with Crippen molar-refractivity contribution in [1.82, 2.24) is 9.62 Å². The molecule has 1 aliphatic heterocycles. The van der Waals surface area contributed by atoms with E-state index in [9.17, 15) is 12.8 Å². The van der Waals surface area contributed by atoms with E-state index in [-0.39, 0.29) is 16.0 Å². The Morgan fingerprint density at radius 3 is 2.35 bits per heavy atom. The minimum Gasteiger partial charge on any atom is -0.299 e. The highest BCUT2D eigenvalue weighted by Crippen LogP contribution is 2.21. The molecule has 0 spiro atoms. The van der Waals surface area contributed by atoms with Gasteiger partial charge in [-0.3, -0.25) is 4.90 Å². The van der Waals surface area contributed by atoms with Gasteiger partial charge in [-0.15, -0.1) is 0 Å². The van der Waals surface area contributed by atoms with Crippen molar-refractivity contribution in [1.29, 1.82) is 0 Å². The third kappa shape index (κ3) is 4.96. The van der Waals surface area contributed by atoms with Gasteiger partial charge in [0.15, 0.2) is 0 Å². The number of nitrogens with one attached hydrogen (secondary N) is 1. The molecule has 2 aromatic rings. The summed E-state index contributed by atoms with van der Waals surface area (Å²) in [6.07, 6.45) is 1.42. The Morgan fingerprint density at radius 1 is 1.08 bits per heavy atom. The van der Waals surface area contributed by atoms with Gasteiger partial charge in [0.1, 0.15) is 5.82 Å². The fourth-order valence-corrected chi connectivity index (χ4v) is 4.69. The average Bonchev–Trinajstić information content (AvgIpc) is 2.61. The highest BCUT2D eigenvalue weighted by molar-refractivity contribution is 7.89. The quantitative estimate of drug-likeness (QED) is 0.798. The molecule has 0 aromatic heterocycles. The lowest BCUT2D eigenvalue weighted by Gasteiger charge is -2.32. The smallest absolute Gasteiger partial charge is 0.240 e.